The molecule has 0 aliphatic carbocycles. The van der Waals surface area contributed by atoms with Gasteiger partial charge in [-0.1, -0.05) is 44.2 Å². The van der Waals surface area contributed by atoms with E-state index in [1.165, 1.54) is 27.7 Å². The minimum absolute atomic E-state index is 0.0122. The zero-order chi connectivity index (χ0) is 69.8. The van der Waals surface area contributed by atoms with Crippen molar-refractivity contribution in [2.75, 3.05) is 26.3 Å². The molecule has 0 radical (unpaired) electrons. The van der Waals surface area contributed by atoms with E-state index in [2.05, 4.69) is 47.9 Å². The number of carbonyl (C=O) groups excluding carboxylic acids is 12. The van der Waals surface area contributed by atoms with Crippen LogP contribution in [-0.2, 0) is 68.7 Å². The van der Waals surface area contributed by atoms with Gasteiger partial charge in [0.15, 0.2) is 6.04 Å². The maximum absolute atomic E-state index is 14.7. The highest BCUT2D eigenvalue weighted by Crippen LogP contribution is 2.23. The topological polar surface area (TPSA) is 557 Å². The highest BCUT2D eigenvalue weighted by molar-refractivity contribution is 6.00. The zero-order valence-corrected chi connectivity index (χ0v) is 52.6. The normalized spacial score (nSPS) is 20.3. The predicted molar refractivity (Wildman–Crippen MR) is 319 cm³/mol. The molecular weight excluding hydrogens is 1220 g/mol. The van der Waals surface area contributed by atoms with Crippen LogP contribution in [-0.4, -0.2) is 274 Å². The van der Waals surface area contributed by atoms with Crippen LogP contribution in [0.1, 0.15) is 93.6 Å². The number of aliphatic hydroxyl groups excluding tert-OH is 8. The van der Waals surface area contributed by atoms with Crippen LogP contribution in [0.15, 0.2) is 30.3 Å². The van der Waals surface area contributed by atoms with Crippen LogP contribution >= 0.6 is 0 Å². The predicted octanol–water partition coefficient (Wildman–Crippen LogP) is -9.58. The Bertz CT molecular complexity index is 2760. The molecule has 35 heteroatoms. The monoisotopic (exact) mass is 1310 g/mol. The minimum atomic E-state index is -1.96. The number of hydrogen-bond acceptors (Lipinski definition) is 22. The van der Waals surface area contributed by atoms with Crippen molar-refractivity contribution in [3.05, 3.63) is 35.9 Å². The van der Waals surface area contributed by atoms with Gasteiger partial charge >= 0.3 is 5.97 Å². The zero-order valence-electron chi connectivity index (χ0n) is 52.6. The Morgan fingerprint density at radius 3 is 1.20 bits per heavy atom. The van der Waals surface area contributed by atoms with E-state index in [0.29, 0.717) is 5.56 Å². The maximum atomic E-state index is 14.7. The Kier molecular flexibility index (Phi) is 30.8. The van der Waals surface area contributed by atoms with Crippen molar-refractivity contribution in [3.8, 4) is 0 Å². The number of rotatable bonds is 34. The van der Waals surface area contributed by atoms with Crippen molar-refractivity contribution in [2.45, 2.75) is 210 Å². The smallest absolute Gasteiger partial charge is 0.328 e. The molecule has 35 nitrogen and oxygen atoms in total. The summed E-state index contributed by atoms with van der Waals surface area (Å²) in [6.07, 6.45) is -9.42. The number of nitrogens with zero attached hydrogens (tertiary/aromatic N) is 2. The number of hydrogen-bond donors (Lipinski definition) is 20. The molecule has 3 rings (SSSR count). The Labute approximate surface area is 530 Å². The van der Waals surface area contributed by atoms with Crippen LogP contribution in [0.3, 0.4) is 0 Å². The third-order valence-corrected chi connectivity index (χ3v) is 15.3. The first-order chi connectivity index (χ1) is 43.0. The van der Waals surface area contributed by atoms with E-state index in [1.54, 1.807) is 30.3 Å². The third kappa shape index (κ3) is 22.1. The van der Waals surface area contributed by atoms with E-state index in [0.717, 1.165) is 44.4 Å². The SMILES string of the molecule is CC(C)[C@H](NC(=O)[C@@H](NC(=O)[C@@H](NC(=O)[C@H](CO)NC(=O)[C@@H]1CCCN1C(=O)[C@H](Cc1ccccc1)NC(=O)[C@@H]1CCCN1C(=O)[C@@H](NC(=O)[C@@H](NC(=O)[C@@H](N)CO)[C@@H](C)O)[C@@H](C)O)[C@@H](C)O)[C@@H](C)O)C(=O)N[C@@H](C)C(=O)N[C@H](C(=O)N[C@H](C(=O)O)[C@@H](C)O)[C@@H](C)O. The largest absolute Gasteiger partial charge is 0.480 e. The number of aliphatic hydroxyl groups is 8. The number of amides is 12. The van der Waals surface area contributed by atoms with Gasteiger partial charge in [0.1, 0.15) is 72.5 Å². The van der Waals surface area contributed by atoms with Crippen LogP contribution in [0.4, 0.5) is 0 Å². The van der Waals surface area contributed by atoms with E-state index in [4.69, 9.17) is 5.73 Å². The van der Waals surface area contributed by atoms with Crippen molar-refractivity contribution in [3.63, 3.8) is 0 Å². The van der Waals surface area contributed by atoms with E-state index >= 15 is 0 Å². The number of carboxylic acids is 1. The lowest BCUT2D eigenvalue weighted by Crippen LogP contribution is -2.64. The van der Waals surface area contributed by atoms with Crippen LogP contribution < -0.4 is 58.9 Å². The first-order valence-electron chi connectivity index (χ1n) is 30.0. The van der Waals surface area contributed by atoms with Crippen LogP contribution in [0, 0.1) is 5.92 Å². The summed E-state index contributed by atoms with van der Waals surface area (Å²) in [5, 5.41) is 114. The average Bonchev–Trinajstić information content (AvgIpc) is 1.77. The highest BCUT2D eigenvalue weighted by atomic mass is 16.4. The molecule has 21 N–H and O–H groups in total. The first kappa shape index (κ1) is 78.2. The summed E-state index contributed by atoms with van der Waals surface area (Å²) in [6.45, 7) is 8.77. The maximum Gasteiger partial charge on any atom is 0.328 e. The van der Waals surface area contributed by atoms with Crippen molar-refractivity contribution < 1.29 is 108 Å². The number of aliphatic carboxylic acids is 1. The Hall–Kier alpha value is -8.03. The van der Waals surface area contributed by atoms with Crippen molar-refractivity contribution in [1.82, 2.24) is 63.0 Å². The van der Waals surface area contributed by atoms with Crippen LogP contribution in [0.2, 0.25) is 0 Å². The van der Waals surface area contributed by atoms with Gasteiger partial charge in [-0.2, -0.15) is 0 Å². The molecule has 12 amide bonds. The van der Waals surface area contributed by atoms with Crippen LogP contribution in [0.25, 0.3) is 0 Å². The molecule has 2 aliphatic rings. The lowest BCUT2D eigenvalue weighted by Gasteiger charge is -2.33. The van der Waals surface area contributed by atoms with Gasteiger partial charge in [0, 0.05) is 19.5 Å². The Balaban J connectivity index is 1.77. The fourth-order valence-electron chi connectivity index (χ4n) is 9.91. The standard InChI is InChI=1S/C57H91N13O22/c1-24(2)38(50(84)59-25(3)45(79)63-39(26(4)73)54(88)68-44(31(9)78)57(91)92)62-51(85)42(29(7)76)66-52(86)41(28(6)75)65-47(81)35(23-72)61-49(83)36-17-13-19-69(36)55(89)34(21-32-15-11-10-12-16-32)60-48(82)37-18-14-20-70(37)56(90)43(30(8)77)67-53(87)40(27(5)74)64-46(80)33(58)22-71/h10-12,15-16,24-31,33-44,71-78H,13-14,17-23,58H2,1-9H3,(H,59,84)(H,60,82)(H,61,83)(H,62,85)(H,63,79)(H,64,80)(H,65,81)(H,66,86)(H,67,87)(H,68,88)(H,91,92)/t25-,26+,27+,28+,29+,30+,31+,33-,34-,35-,36-,37-,38-,39-,40-,41-,42-,43-,44-/m0/s1. The molecule has 0 aromatic heterocycles. The average molecular weight is 1310 g/mol. The molecule has 2 fully saturated rings. The first-order valence-corrected chi connectivity index (χ1v) is 30.0. The minimum Gasteiger partial charge on any atom is -0.480 e. The van der Waals surface area contributed by atoms with E-state index in [9.17, 15) is 108 Å². The second-order valence-electron chi connectivity index (χ2n) is 23.3. The summed E-state index contributed by atoms with van der Waals surface area (Å²) >= 11 is 0. The molecule has 1 aromatic carbocycles. The lowest BCUT2D eigenvalue weighted by molar-refractivity contribution is -0.146. The number of nitrogens with one attached hydrogen (secondary N) is 10. The van der Waals surface area contributed by atoms with Gasteiger partial charge in [0.05, 0.1) is 49.8 Å². The van der Waals surface area contributed by atoms with Gasteiger partial charge in [0.25, 0.3) is 0 Å². The van der Waals surface area contributed by atoms with Gasteiger partial charge < -0.3 is 115 Å². The highest BCUT2D eigenvalue weighted by Gasteiger charge is 2.45. The molecule has 92 heavy (non-hydrogen) atoms. The summed E-state index contributed by atoms with van der Waals surface area (Å²) < 4.78 is 0. The van der Waals surface area contributed by atoms with E-state index in [-0.39, 0.29) is 45.2 Å². The second-order valence-corrected chi connectivity index (χ2v) is 23.3. The summed E-state index contributed by atoms with van der Waals surface area (Å²) in [6, 6.07) is -12.8. The fraction of sp³-hybridized carbons (Fsp3) is 0.667. The lowest BCUT2D eigenvalue weighted by atomic mass is 10.0. The molecule has 2 heterocycles. The van der Waals surface area contributed by atoms with Gasteiger partial charge in [-0.25, -0.2) is 4.79 Å². The molecule has 0 unspecified atom stereocenters. The Morgan fingerprint density at radius 2 is 0.793 bits per heavy atom. The van der Waals surface area contributed by atoms with Gasteiger partial charge in [-0.15, -0.1) is 0 Å². The number of carboxylic acid groups (broad SMARTS) is 1. The summed E-state index contributed by atoms with van der Waals surface area (Å²) in [5.41, 5.74) is 6.10. The third-order valence-electron chi connectivity index (χ3n) is 15.3. The molecule has 1 aromatic rings. The van der Waals surface area contributed by atoms with Gasteiger partial charge in [-0.3, -0.25) is 57.5 Å². The summed E-state index contributed by atoms with van der Waals surface area (Å²) in [4.78, 5) is 178. The summed E-state index contributed by atoms with van der Waals surface area (Å²) in [7, 11) is 0. The van der Waals surface area contributed by atoms with Crippen molar-refractivity contribution in [2.24, 2.45) is 11.7 Å². The van der Waals surface area contributed by atoms with Crippen LogP contribution in [0.5, 0.6) is 0 Å². The molecule has 0 spiro atoms. The fourth-order valence-corrected chi connectivity index (χ4v) is 9.91. The quantitative estimate of drug-likeness (QED) is 0.0305. The van der Waals surface area contributed by atoms with Crippen molar-refractivity contribution >= 4 is 76.9 Å². The van der Waals surface area contributed by atoms with Gasteiger partial charge in [-0.05, 0) is 85.6 Å². The number of carbonyl (C=O) groups is 13. The molecule has 0 saturated carbocycles. The second kappa shape index (κ2) is 36.3. The molecule has 0 bridgehead atoms. The molecule has 2 saturated heterocycles. The molecule has 19 atom stereocenters. The summed E-state index contributed by atoms with van der Waals surface area (Å²) in [5.74, 6) is -15.0. The molecule has 2 aliphatic heterocycles. The Morgan fingerprint density at radius 1 is 0.435 bits per heavy atom. The van der Waals surface area contributed by atoms with Crippen molar-refractivity contribution in [1.29, 1.82) is 0 Å². The van der Waals surface area contributed by atoms with Gasteiger partial charge in [0.2, 0.25) is 70.9 Å². The number of likely N-dealkylation sites (tertiary alicyclic amines) is 2. The number of benzene rings is 1. The molecular formula is C57H91N13O22. The van der Waals surface area contributed by atoms with E-state index < -0.39 is 211 Å². The molecule has 516 valence electrons. The van der Waals surface area contributed by atoms with E-state index in [1.807, 2.05) is 5.32 Å². The number of nitrogens with two attached hydrogens (primary N) is 1.